The van der Waals surface area contributed by atoms with Crippen molar-refractivity contribution in [1.82, 2.24) is 9.78 Å². The molecule has 3 rings (SSSR count). The maximum absolute atomic E-state index is 12.4. The second-order valence-corrected chi connectivity index (χ2v) is 7.83. The molecule has 1 aromatic carbocycles. The number of esters is 1. The maximum Gasteiger partial charge on any atom is 0.308 e. The van der Waals surface area contributed by atoms with E-state index in [1.165, 1.54) is 18.7 Å². The number of carbonyl (C=O) groups excluding carboxylic acids is 3. The lowest BCUT2D eigenvalue weighted by molar-refractivity contribution is -0.153. The van der Waals surface area contributed by atoms with Gasteiger partial charge in [0.25, 0.3) is 5.91 Å². The fourth-order valence-corrected chi connectivity index (χ4v) is 3.95. The van der Waals surface area contributed by atoms with Gasteiger partial charge in [-0.3, -0.25) is 19.1 Å². The van der Waals surface area contributed by atoms with Crippen LogP contribution in [0.25, 0.3) is 0 Å². The minimum absolute atomic E-state index is 0.118. The fraction of sp³-hybridized carbons (Fsp3) is 0.368. The van der Waals surface area contributed by atoms with Gasteiger partial charge in [-0.2, -0.15) is 5.10 Å². The fourth-order valence-electron chi connectivity index (χ4n) is 2.86. The molecule has 8 nitrogen and oxygen atoms in total. The molecule has 0 saturated heterocycles. The van der Waals surface area contributed by atoms with Gasteiger partial charge in [0.05, 0.1) is 34.4 Å². The van der Waals surface area contributed by atoms with Crippen LogP contribution in [-0.4, -0.2) is 38.9 Å². The van der Waals surface area contributed by atoms with E-state index in [4.69, 9.17) is 4.74 Å². The Balaban J connectivity index is 1.57. The minimum atomic E-state index is -0.990. The van der Waals surface area contributed by atoms with Crippen LogP contribution in [0.15, 0.2) is 29.2 Å². The molecule has 0 spiro atoms. The van der Waals surface area contributed by atoms with E-state index in [0.29, 0.717) is 11.4 Å². The molecule has 2 amide bonds. The summed E-state index contributed by atoms with van der Waals surface area (Å²) >= 11 is 1.31. The van der Waals surface area contributed by atoms with Crippen molar-refractivity contribution in [1.29, 1.82) is 0 Å². The van der Waals surface area contributed by atoms with Crippen LogP contribution in [0.2, 0.25) is 0 Å². The number of anilines is 2. The number of aromatic nitrogens is 2. The van der Waals surface area contributed by atoms with E-state index < -0.39 is 23.2 Å². The molecule has 2 aromatic rings. The summed E-state index contributed by atoms with van der Waals surface area (Å²) in [6.07, 6.45) is -1.11. The van der Waals surface area contributed by atoms with Crippen molar-refractivity contribution in [2.75, 3.05) is 10.6 Å². The molecule has 0 bridgehead atoms. The van der Waals surface area contributed by atoms with Crippen molar-refractivity contribution >= 4 is 40.9 Å². The highest BCUT2D eigenvalue weighted by Crippen LogP contribution is 2.36. The Morgan fingerprint density at radius 1 is 1.36 bits per heavy atom. The van der Waals surface area contributed by atoms with E-state index >= 15 is 0 Å². The highest BCUT2D eigenvalue weighted by Gasteiger charge is 2.30. The molecule has 0 fully saturated rings. The zero-order valence-corrected chi connectivity index (χ0v) is 16.9. The summed E-state index contributed by atoms with van der Waals surface area (Å²) in [5.41, 5.74) is 2.82. The molecule has 0 saturated carbocycles. The molecule has 28 heavy (non-hydrogen) atoms. The zero-order valence-electron chi connectivity index (χ0n) is 16.1. The summed E-state index contributed by atoms with van der Waals surface area (Å²) in [6, 6.07) is 7.39. The number of rotatable bonds is 5. The van der Waals surface area contributed by atoms with Crippen LogP contribution >= 0.6 is 11.8 Å². The van der Waals surface area contributed by atoms with Crippen molar-refractivity contribution in [3.05, 3.63) is 35.7 Å². The first-order valence-electron chi connectivity index (χ1n) is 8.83. The maximum atomic E-state index is 12.4. The number of ether oxygens (including phenoxy) is 1. The summed E-state index contributed by atoms with van der Waals surface area (Å²) in [4.78, 5) is 37.7. The Morgan fingerprint density at radius 3 is 2.75 bits per heavy atom. The molecule has 0 aliphatic carbocycles. The number of para-hydroxylation sites is 1. The van der Waals surface area contributed by atoms with Crippen LogP contribution in [0.1, 0.15) is 24.7 Å². The summed E-state index contributed by atoms with van der Waals surface area (Å²) in [5, 5.41) is 9.17. The van der Waals surface area contributed by atoms with E-state index in [9.17, 15) is 14.4 Å². The number of benzene rings is 1. The van der Waals surface area contributed by atoms with E-state index in [-0.39, 0.29) is 12.3 Å². The Hall–Kier alpha value is -2.81. The highest BCUT2D eigenvalue weighted by molar-refractivity contribution is 8.01. The Bertz CT molecular complexity index is 940. The molecule has 9 heteroatoms. The number of thioether (sulfide) groups is 1. The zero-order chi connectivity index (χ0) is 20.4. The van der Waals surface area contributed by atoms with E-state index in [0.717, 1.165) is 16.3 Å². The second-order valence-electron chi connectivity index (χ2n) is 6.59. The van der Waals surface area contributed by atoms with E-state index in [1.54, 1.807) is 18.7 Å². The van der Waals surface area contributed by atoms with Gasteiger partial charge < -0.3 is 15.4 Å². The SMILES string of the molecule is Cc1nn(C)c(C)c1NC(=O)[C@H](C)OC(=O)C[C@H]1Sc2ccccc2NC1=O. The second kappa shape index (κ2) is 8.05. The molecule has 0 unspecified atom stereocenters. The number of hydrogen-bond donors (Lipinski definition) is 2. The van der Waals surface area contributed by atoms with E-state index in [1.807, 2.05) is 31.2 Å². The molecule has 0 radical (unpaired) electrons. The molecule has 2 atom stereocenters. The molecule has 1 aliphatic heterocycles. The monoisotopic (exact) mass is 402 g/mol. The number of carbonyl (C=O) groups is 3. The summed E-state index contributed by atoms with van der Waals surface area (Å²) in [6.45, 7) is 5.12. The van der Waals surface area contributed by atoms with Crippen LogP contribution < -0.4 is 10.6 Å². The van der Waals surface area contributed by atoms with Crippen LogP contribution in [0.4, 0.5) is 11.4 Å². The average molecular weight is 402 g/mol. The van der Waals surface area contributed by atoms with Crippen molar-refractivity contribution in [2.45, 2.75) is 43.4 Å². The van der Waals surface area contributed by atoms with Gasteiger partial charge in [0.1, 0.15) is 0 Å². The molecular weight excluding hydrogens is 380 g/mol. The largest absolute Gasteiger partial charge is 0.452 e. The summed E-state index contributed by atoms with van der Waals surface area (Å²) in [5.74, 6) is -1.30. The minimum Gasteiger partial charge on any atom is -0.452 e. The lowest BCUT2D eigenvalue weighted by Gasteiger charge is -2.23. The standard InChI is InChI=1S/C19H22N4O4S/c1-10-17(11(2)23(4)22-10)21-18(25)12(3)27-16(24)9-15-19(26)20-13-7-5-6-8-14(13)28-15/h5-8,12,15H,9H2,1-4H3,(H,20,26)(H,21,25)/t12-,15+/m0/s1. The van der Waals surface area contributed by atoms with Gasteiger partial charge in [-0.15, -0.1) is 11.8 Å². The van der Waals surface area contributed by atoms with E-state index in [2.05, 4.69) is 15.7 Å². The third-order valence-corrected chi connectivity index (χ3v) is 5.77. The lowest BCUT2D eigenvalue weighted by Crippen LogP contribution is -2.34. The van der Waals surface area contributed by atoms with Crippen LogP contribution in [-0.2, 0) is 26.2 Å². The average Bonchev–Trinajstić information content (AvgIpc) is 2.88. The molecule has 148 valence electrons. The first-order valence-corrected chi connectivity index (χ1v) is 9.71. The van der Waals surface area contributed by atoms with Crippen molar-refractivity contribution in [2.24, 2.45) is 7.05 Å². The summed E-state index contributed by atoms with van der Waals surface area (Å²) < 4.78 is 6.90. The van der Waals surface area contributed by atoms with Crippen LogP contribution in [0.5, 0.6) is 0 Å². The molecule has 2 N–H and O–H groups in total. The predicted octanol–water partition coefficient (Wildman–Crippen LogP) is 2.41. The smallest absolute Gasteiger partial charge is 0.308 e. The number of nitrogens with zero attached hydrogens (tertiary/aromatic N) is 2. The first kappa shape index (κ1) is 19.9. The van der Waals surface area contributed by atoms with Gasteiger partial charge in [-0.1, -0.05) is 12.1 Å². The van der Waals surface area contributed by atoms with Gasteiger partial charge in [0.2, 0.25) is 5.91 Å². The first-order chi connectivity index (χ1) is 13.3. The molecule has 1 aromatic heterocycles. The normalized spacial score (nSPS) is 16.7. The topological polar surface area (TPSA) is 102 Å². The Labute approximate surface area is 167 Å². The third kappa shape index (κ3) is 4.19. The van der Waals surface area contributed by atoms with Crippen molar-refractivity contribution in [3.8, 4) is 0 Å². The summed E-state index contributed by atoms with van der Waals surface area (Å²) in [7, 11) is 1.78. The van der Waals surface area contributed by atoms with Gasteiger partial charge in [0.15, 0.2) is 6.10 Å². The Morgan fingerprint density at radius 2 is 2.07 bits per heavy atom. The number of aryl methyl sites for hydroxylation is 2. The number of hydrogen-bond acceptors (Lipinski definition) is 6. The predicted molar refractivity (Wildman–Crippen MR) is 106 cm³/mol. The van der Waals surface area contributed by atoms with Crippen molar-refractivity contribution < 1.29 is 19.1 Å². The van der Waals surface area contributed by atoms with Crippen LogP contribution in [0, 0.1) is 13.8 Å². The van der Waals surface area contributed by atoms with Crippen LogP contribution in [0.3, 0.4) is 0 Å². The molecular formula is C19H22N4O4S. The number of amides is 2. The number of nitrogens with one attached hydrogen (secondary N) is 2. The number of fused-ring (bicyclic) bond motifs is 1. The quantitative estimate of drug-likeness (QED) is 0.745. The van der Waals surface area contributed by atoms with Gasteiger partial charge in [-0.25, -0.2) is 0 Å². The van der Waals surface area contributed by atoms with Gasteiger partial charge in [0, 0.05) is 11.9 Å². The molecule has 2 heterocycles. The molecule has 1 aliphatic rings. The highest BCUT2D eigenvalue weighted by atomic mass is 32.2. The third-order valence-electron chi connectivity index (χ3n) is 4.49. The Kier molecular flexibility index (Phi) is 5.73. The van der Waals surface area contributed by atoms with Crippen molar-refractivity contribution in [3.63, 3.8) is 0 Å². The van der Waals surface area contributed by atoms with Gasteiger partial charge in [-0.05, 0) is 32.9 Å². The lowest BCUT2D eigenvalue weighted by atomic mass is 10.2. The van der Waals surface area contributed by atoms with Gasteiger partial charge >= 0.3 is 5.97 Å².